The number of nitrogens with two attached hydrogens (primary N) is 1. The van der Waals surface area contributed by atoms with E-state index in [4.69, 9.17) is 41.9 Å². The van der Waals surface area contributed by atoms with Crippen LogP contribution in [0.3, 0.4) is 0 Å². The van der Waals surface area contributed by atoms with E-state index in [1.165, 1.54) is 0 Å². The molecule has 6 nitrogen and oxygen atoms in total. The van der Waals surface area contributed by atoms with Gasteiger partial charge in [0.1, 0.15) is 16.5 Å². The van der Waals surface area contributed by atoms with Crippen molar-refractivity contribution >= 4 is 54.3 Å². The number of rotatable bonds is 2. The molecule has 0 amide bonds. The van der Waals surface area contributed by atoms with Crippen LogP contribution in [0.15, 0.2) is 0 Å². The van der Waals surface area contributed by atoms with Crippen LogP contribution in [0, 0.1) is 0 Å². The molecule has 0 spiro atoms. The Morgan fingerprint density at radius 1 is 0.800 bits per heavy atom. The quantitative estimate of drug-likeness (QED) is 0.346. The zero-order chi connectivity index (χ0) is 16.7. The van der Waals surface area contributed by atoms with Crippen LogP contribution in [-0.2, 0) is 0 Å². The molecule has 0 bridgehead atoms. The highest BCUT2D eigenvalue weighted by Crippen LogP contribution is 2.12. The van der Waals surface area contributed by atoms with Crippen LogP contribution in [0.2, 0.25) is 52.4 Å². The van der Waals surface area contributed by atoms with Crippen molar-refractivity contribution in [3.63, 3.8) is 0 Å². The van der Waals surface area contributed by atoms with Gasteiger partial charge in [-0.1, -0.05) is 39.3 Å². The summed E-state index contributed by atoms with van der Waals surface area (Å²) in [6, 6.07) is 0. The lowest BCUT2D eigenvalue weighted by Gasteiger charge is -2.23. The lowest BCUT2D eigenvalue weighted by atomic mass is 11.8. The van der Waals surface area contributed by atoms with Crippen molar-refractivity contribution in [3.8, 4) is 0 Å². The van der Waals surface area contributed by atoms with Crippen molar-refractivity contribution in [3.05, 3.63) is 0 Å². The first-order valence-corrected chi connectivity index (χ1v) is 19.8. The predicted octanol–water partition coefficient (Wildman–Crippen LogP) is 0.945. The van der Waals surface area contributed by atoms with Gasteiger partial charge in [0.2, 0.25) is 0 Å². The Bertz CT molecular complexity index is 201. The molecule has 0 aliphatic heterocycles. The summed E-state index contributed by atoms with van der Waals surface area (Å²) >= 11 is 11.7. The summed E-state index contributed by atoms with van der Waals surface area (Å²) in [5.74, 6) is 0. The van der Waals surface area contributed by atoms with E-state index in [-0.39, 0.29) is 5.48 Å². The van der Waals surface area contributed by atoms with Gasteiger partial charge in [-0.2, -0.15) is 0 Å². The van der Waals surface area contributed by atoms with Gasteiger partial charge in [-0.05, 0) is 6.55 Å². The van der Waals surface area contributed by atoms with E-state index in [0.29, 0.717) is 0 Å². The average molecular weight is 404 g/mol. The minimum atomic E-state index is -3.61. The summed E-state index contributed by atoms with van der Waals surface area (Å²) in [6.45, 7) is 13.7. The van der Waals surface area contributed by atoms with Crippen molar-refractivity contribution in [2.24, 2.45) is 5.40 Å². The molecule has 0 aromatic carbocycles. The molecule has 0 aliphatic rings. The molecule has 0 aromatic heterocycles. The van der Waals surface area contributed by atoms with Crippen molar-refractivity contribution in [2.45, 2.75) is 52.4 Å². The van der Waals surface area contributed by atoms with Gasteiger partial charge in [0.05, 0.1) is 0 Å². The smallest absolute Gasteiger partial charge is 0.412 e. The molecule has 12 heteroatoms. The Morgan fingerprint density at radius 2 is 0.950 bits per heavy atom. The first kappa shape index (κ1) is 29.2. The molecule has 20 heavy (non-hydrogen) atoms. The molecule has 0 radical (unpaired) electrons. The third-order valence-electron chi connectivity index (χ3n) is 0.594. The van der Waals surface area contributed by atoms with Crippen molar-refractivity contribution in [1.29, 1.82) is 0 Å². The Balaban J connectivity index is -0.000000101. The lowest BCUT2D eigenvalue weighted by molar-refractivity contribution is 0.239. The topological polar surface area (TPSA) is 130 Å². The molecule has 0 saturated heterocycles. The molecule has 128 valence electrons. The summed E-state index contributed by atoms with van der Waals surface area (Å²) < 4.78 is 3.27. The van der Waals surface area contributed by atoms with E-state index in [1.807, 2.05) is 6.55 Å². The van der Waals surface area contributed by atoms with E-state index < -0.39 is 32.1 Å². The molecule has 0 aromatic rings. The van der Waals surface area contributed by atoms with Gasteiger partial charge in [-0.25, -0.2) is 0 Å². The Morgan fingerprint density at radius 3 is 0.950 bits per heavy atom. The Kier molecular flexibility index (Phi) is 15.9. The fourth-order valence-corrected chi connectivity index (χ4v) is 11.0. The summed E-state index contributed by atoms with van der Waals surface area (Å²) in [5.41, 5.74) is 0. The van der Waals surface area contributed by atoms with Crippen LogP contribution in [0.1, 0.15) is 0 Å². The molecule has 0 heterocycles. The number of hydrogen-bond acceptors (Lipinski definition) is 5. The van der Waals surface area contributed by atoms with Crippen LogP contribution in [0.4, 0.5) is 0 Å². The third-order valence-corrected chi connectivity index (χ3v) is 7.05. The Hall–Kier alpha value is 1.21. The second-order valence-corrected chi connectivity index (χ2v) is 25.7. The summed E-state index contributed by atoms with van der Waals surface area (Å²) in [4.78, 5) is 23.3. The van der Waals surface area contributed by atoms with Crippen LogP contribution >= 0.6 is 22.2 Å². The maximum Gasteiger partial charge on any atom is 0.489 e. The molecule has 0 aliphatic carbocycles. The highest BCUT2D eigenvalue weighted by molar-refractivity contribution is 7.45. The van der Waals surface area contributed by atoms with Gasteiger partial charge >= 0.3 is 15.7 Å². The number of nitrogens with one attached hydrogen (secondary N) is 1. The monoisotopic (exact) mass is 402 g/mol. The minimum Gasteiger partial charge on any atom is -0.412 e. The van der Waals surface area contributed by atoms with Crippen molar-refractivity contribution < 1.29 is 19.9 Å². The van der Waals surface area contributed by atoms with E-state index in [0.717, 1.165) is 6.55 Å². The number of halogens is 2. The fraction of sp³-hybridized carbons (Fsp3) is 1.00. The van der Waals surface area contributed by atoms with E-state index in [9.17, 15) is 0 Å². The van der Waals surface area contributed by atoms with Crippen LogP contribution in [0.5, 0.6) is 0 Å². The maximum absolute atomic E-state index is 7.77. The van der Waals surface area contributed by atoms with Gasteiger partial charge < -0.3 is 29.9 Å². The van der Waals surface area contributed by atoms with Crippen molar-refractivity contribution in [1.82, 2.24) is 4.65 Å². The molecule has 0 fully saturated rings. The zero-order valence-corrected chi connectivity index (χ0v) is 19.2. The van der Waals surface area contributed by atoms with E-state index in [2.05, 4.69) is 43.9 Å². The molecule has 0 rings (SSSR count). The highest BCUT2D eigenvalue weighted by Gasteiger charge is 2.27. The summed E-state index contributed by atoms with van der Waals surface area (Å²) in [7, 11) is -5.97. The molecule has 8 N–H and O–H groups in total. The first-order chi connectivity index (χ1) is 7.71. The molecular weight excluding hydrogens is 371 g/mol. The normalized spacial score (nSPS) is 12.3. The van der Waals surface area contributed by atoms with Gasteiger partial charge in [0.25, 0.3) is 0 Å². The summed E-state index contributed by atoms with van der Waals surface area (Å²) in [5, 5.41) is 5.49. The third kappa shape index (κ3) is 123. The molecule has 0 unspecified atom stereocenters. The van der Waals surface area contributed by atoms with Crippen molar-refractivity contribution in [2.75, 3.05) is 0 Å². The predicted molar refractivity (Wildman–Crippen MR) is 99.2 cm³/mol. The zero-order valence-electron chi connectivity index (χ0n) is 13.7. The SMILES string of the molecule is C[Si](C)(C)N.C[Si](C)(C)N[Si](C)(Cl)Cl.C[Si](O)(O)O.O. The van der Waals surface area contributed by atoms with E-state index >= 15 is 0 Å². The minimum absolute atomic E-state index is 0. The maximum atomic E-state index is 7.77. The fourth-order valence-electron chi connectivity index (χ4n) is 0.658. The van der Waals surface area contributed by atoms with Gasteiger partial charge in [-0.15, -0.1) is 22.2 Å². The Labute approximate surface area is 136 Å². The van der Waals surface area contributed by atoms with Gasteiger partial charge in [0.15, 0.2) is 0 Å². The first-order valence-electron chi connectivity index (χ1n) is 5.84. The molecule has 0 atom stereocenters. The van der Waals surface area contributed by atoms with Crippen LogP contribution in [0.25, 0.3) is 0 Å². The van der Waals surface area contributed by atoms with Gasteiger partial charge in [-0.3, -0.25) is 0 Å². The summed E-state index contributed by atoms with van der Waals surface area (Å²) in [6.07, 6.45) is 0. The molecule has 0 saturated carbocycles. The number of hydrogen-bond donors (Lipinski definition) is 5. The lowest BCUT2D eigenvalue weighted by Crippen LogP contribution is -2.52. The van der Waals surface area contributed by atoms with Crippen LogP contribution < -0.4 is 10.0 Å². The largest absolute Gasteiger partial charge is 0.489 e. The standard InChI is InChI=1S/C4H13Cl2NSi2.C3H11NSi.CH6O3Si.H2O/c1-8(2,3)7-9(4,5)6;2*1-5(2,3)4;/h7H,1-4H3;4H2,1-3H3;2-4H,1H3;1H2. The highest BCUT2D eigenvalue weighted by atomic mass is 35.7. The molecular formula is C8H32Cl2N2O4Si4. The average Bonchev–Trinajstić information content (AvgIpc) is 1.63. The second kappa shape index (κ2) is 10.9. The van der Waals surface area contributed by atoms with Gasteiger partial charge in [0, 0.05) is 6.55 Å². The van der Waals surface area contributed by atoms with Crippen LogP contribution in [-0.4, -0.2) is 52.0 Å². The second-order valence-electron chi connectivity index (χ2n) is 6.60. The van der Waals surface area contributed by atoms with E-state index in [1.54, 1.807) is 0 Å².